The van der Waals surface area contributed by atoms with Crippen molar-refractivity contribution in [1.29, 1.82) is 0 Å². The summed E-state index contributed by atoms with van der Waals surface area (Å²) in [7, 11) is 0. The van der Waals surface area contributed by atoms with E-state index in [4.69, 9.17) is 12.6 Å². The highest BCUT2D eigenvalue weighted by molar-refractivity contribution is 6.24. The van der Waals surface area contributed by atoms with Crippen LogP contribution in [0.3, 0.4) is 0 Å². The van der Waals surface area contributed by atoms with Crippen LogP contribution in [-0.2, 0) is 0 Å². The molecule has 190 valence electrons. The highest BCUT2D eigenvalue weighted by Gasteiger charge is 2.19. The highest BCUT2D eigenvalue weighted by atomic mass is 16.3. The summed E-state index contributed by atoms with van der Waals surface area (Å²) in [4.78, 5) is 0. The molecule has 1 nitrogen and oxygen atoms in total. The van der Waals surface area contributed by atoms with Crippen molar-refractivity contribution in [3.8, 4) is 22.3 Å². The Bertz CT molecular complexity index is 2920. The smallest absolute Gasteiger partial charge is 0.136 e. The summed E-state index contributed by atoms with van der Waals surface area (Å²) in [6.07, 6.45) is 0. The van der Waals surface area contributed by atoms with Crippen LogP contribution in [0.2, 0.25) is 0 Å². The Kier molecular flexibility index (Phi) is 3.21. The molecule has 0 unspecified atom stereocenters. The molecule has 8 aromatic carbocycles. The van der Waals surface area contributed by atoms with Crippen LogP contribution in [0.1, 0.15) is 12.3 Å². The van der Waals surface area contributed by atoms with Crippen molar-refractivity contribution in [1.82, 2.24) is 0 Å². The topological polar surface area (TPSA) is 13.1 Å². The summed E-state index contributed by atoms with van der Waals surface area (Å²) in [6, 6.07) is 26.7. The number of benzene rings is 8. The lowest BCUT2D eigenvalue weighted by Crippen LogP contribution is -1.91. The van der Waals surface area contributed by atoms with Crippen LogP contribution in [0, 0.1) is 0 Å². The number of fused-ring (bicyclic) bond motifs is 7. The van der Waals surface area contributed by atoms with Crippen LogP contribution in [-0.4, -0.2) is 0 Å². The lowest BCUT2D eigenvalue weighted by Gasteiger charge is -2.18. The predicted molar refractivity (Wildman–Crippen MR) is 175 cm³/mol. The van der Waals surface area contributed by atoms with E-state index in [1.807, 2.05) is 66.7 Å². The van der Waals surface area contributed by atoms with Gasteiger partial charge in [-0.3, -0.25) is 0 Å². The Hall–Kier alpha value is -5.40. The second-order valence-electron chi connectivity index (χ2n) is 10.1. The number of hydrogen-bond donors (Lipinski definition) is 0. The summed E-state index contributed by atoms with van der Waals surface area (Å²) in [5.41, 5.74) is 2.48. The van der Waals surface area contributed by atoms with E-state index in [0.29, 0.717) is 5.56 Å². The van der Waals surface area contributed by atoms with E-state index in [9.17, 15) is 4.11 Å². The standard InChI is InChI=1S/C40H24O/c1-2-12-27-24-38-36(22-26(27)11-1)35-23-28(20-21-37(35)41-38)39-31-15-5-7-17-33(31)40(34-18-8-6-16-32(34)39)30-19-9-13-25-10-3-4-14-29(25)30/h1-24H/i1D,2D,11D,12D,20D,21D,22D,23D,24D. The van der Waals surface area contributed by atoms with E-state index >= 15 is 0 Å². The molecule has 0 spiro atoms. The van der Waals surface area contributed by atoms with Gasteiger partial charge in [0, 0.05) is 10.8 Å². The molecule has 0 saturated carbocycles. The minimum Gasteiger partial charge on any atom is -0.456 e. The molecule has 0 N–H and O–H groups in total. The molecule has 0 aliphatic rings. The Morgan fingerprint density at radius 2 is 1.00 bits per heavy atom. The molecule has 1 heterocycles. The van der Waals surface area contributed by atoms with E-state index in [0.717, 1.165) is 43.4 Å². The molecule has 0 amide bonds. The first-order valence-electron chi connectivity index (χ1n) is 17.9. The van der Waals surface area contributed by atoms with E-state index in [-0.39, 0.29) is 68.5 Å². The molecular weight excluding hydrogens is 496 g/mol. The molecule has 9 aromatic rings. The molecule has 0 aliphatic heterocycles. The quantitative estimate of drug-likeness (QED) is 0.203. The fourth-order valence-electron chi connectivity index (χ4n) is 6.12. The second kappa shape index (κ2) is 8.55. The zero-order chi connectivity index (χ0) is 34.7. The summed E-state index contributed by atoms with van der Waals surface area (Å²) < 4.78 is 85.8. The van der Waals surface area contributed by atoms with Gasteiger partial charge in [0.25, 0.3) is 0 Å². The van der Waals surface area contributed by atoms with Crippen LogP contribution < -0.4 is 0 Å². The molecule has 0 saturated heterocycles. The number of hydrogen-bond acceptors (Lipinski definition) is 1. The summed E-state index contributed by atoms with van der Waals surface area (Å²) >= 11 is 0. The van der Waals surface area contributed by atoms with Crippen molar-refractivity contribution < 1.29 is 16.8 Å². The average Bonchev–Trinajstić information content (AvgIpc) is 3.55. The fraction of sp³-hybridized carbons (Fsp3) is 0. The third-order valence-corrected chi connectivity index (χ3v) is 7.88. The SMILES string of the molecule is [2H]c1c(-c2c3ccccc3c(-c3cccc4ccccc34)c3ccccc23)c([2H])c2c(oc3c([2H])c4c([2H])c([2H])c([2H])c([2H])c4c([2H])c32)c1[2H]. The number of furan rings is 1. The Balaban J connectivity index is 1.47. The van der Waals surface area contributed by atoms with Gasteiger partial charge in [0.2, 0.25) is 0 Å². The minimum atomic E-state index is -0.534. The van der Waals surface area contributed by atoms with Crippen LogP contribution in [0.15, 0.2) is 150 Å². The largest absolute Gasteiger partial charge is 0.456 e. The second-order valence-corrected chi connectivity index (χ2v) is 10.1. The van der Waals surface area contributed by atoms with Gasteiger partial charge >= 0.3 is 0 Å². The molecule has 0 radical (unpaired) electrons. The maximum atomic E-state index is 9.68. The molecule has 0 atom stereocenters. The average molecular weight is 530 g/mol. The first-order valence-corrected chi connectivity index (χ1v) is 13.4. The molecule has 1 aromatic heterocycles. The van der Waals surface area contributed by atoms with Gasteiger partial charge in [0.05, 0.1) is 12.3 Å². The van der Waals surface area contributed by atoms with E-state index in [1.165, 1.54) is 0 Å². The third-order valence-electron chi connectivity index (χ3n) is 7.88. The van der Waals surface area contributed by atoms with Crippen molar-refractivity contribution >= 4 is 65.0 Å². The first kappa shape index (κ1) is 15.4. The van der Waals surface area contributed by atoms with Crippen LogP contribution >= 0.6 is 0 Å². The molecular formula is C40H24O. The molecule has 9 rings (SSSR count). The Morgan fingerprint density at radius 1 is 0.415 bits per heavy atom. The summed E-state index contributed by atoms with van der Waals surface area (Å²) in [6.45, 7) is 0. The normalized spacial score (nSPS) is 15.0. The monoisotopic (exact) mass is 529 g/mol. The van der Waals surface area contributed by atoms with Crippen LogP contribution in [0.5, 0.6) is 0 Å². The van der Waals surface area contributed by atoms with Crippen molar-refractivity contribution in [2.45, 2.75) is 0 Å². The Labute approximate surface area is 249 Å². The summed E-state index contributed by atoms with van der Waals surface area (Å²) in [5.74, 6) is 0. The third kappa shape index (κ3) is 3.30. The molecule has 0 bridgehead atoms. The van der Waals surface area contributed by atoms with Crippen molar-refractivity contribution in [2.75, 3.05) is 0 Å². The van der Waals surface area contributed by atoms with E-state index in [2.05, 4.69) is 24.3 Å². The lowest BCUT2D eigenvalue weighted by atomic mass is 9.84. The van der Waals surface area contributed by atoms with Gasteiger partial charge in [0.1, 0.15) is 11.2 Å². The molecule has 41 heavy (non-hydrogen) atoms. The van der Waals surface area contributed by atoms with Crippen LogP contribution in [0.25, 0.3) is 87.3 Å². The van der Waals surface area contributed by atoms with E-state index < -0.39 is 24.2 Å². The van der Waals surface area contributed by atoms with Gasteiger partial charge in [-0.1, -0.05) is 121 Å². The van der Waals surface area contributed by atoms with Gasteiger partial charge < -0.3 is 4.42 Å². The molecule has 0 aliphatic carbocycles. The zero-order valence-electron chi connectivity index (χ0n) is 30.6. The van der Waals surface area contributed by atoms with Gasteiger partial charge in [-0.05, 0) is 89.5 Å². The number of rotatable bonds is 2. The molecule has 0 fully saturated rings. The maximum Gasteiger partial charge on any atom is 0.136 e. The van der Waals surface area contributed by atoms with Crippen LogP contribution in [0.4, 0.5) is 0 Å². The highest BCUT2D eigenvalue weighted by Crippen LogP contribution is 2.46. The maximum absolute atomic E-state index is 9.68. The van der Waals surface area contributed by atoms with Gasteiger partial charge in [-0.15, -0.1) is 0 Å². The zero-order valence-corrected chi connectivity index (χ0v) is 21.6. The van der Waals surface area contributed by atoms with Crippen molar-refractivity contribution in [3.05, 3.63) is 145 Å². The van der Waals surface area contributed by atoms with Gasteiger partial charge in [0.15, 0.2) is 0 Å². The Morgan fingerprint density at radius 3 is 1.73 bits per heavy atom. The van der Waals surface area contributed by atoms with Crippen molar-refractivity contribution in [3.63, 3.8) is 0 Å². The van der Waals surface area contributed by atoms with E-state index in [1.54, 1.807) is 0 Å². The summed E-state index contributed by atoms with van der Waals surface area (Å²) in [5, 5.41) is 5.25. The predicted octanol–water partition coefficient (Wildman–Crippen LogP) is 11.5. The molecule has 1 heteroatoms. The van der Waals surface area contributed by atoms with Gasteiger partial charge in [-0.25, -0.2) is 0 Å². The van der Waals surface area contributed by atoms with Crippen molar-refractivity contribution in [2.24, 2.45) is 0 Å². The lowest BCUT2D eigenvalue weighted by molar-refractivity contribution is 0.669. The van der Waals surface area contributed by atoms with Gasteiger partial charge in [-0.2, -0.15) is 0 Å². The first-order chi connectivity index (χ1) is 24.1. The minimum absolute atomic E-state index is 0.00303. The fourth-order valence-corrected chi connectivity index (χ4v) is 6.12.